The van der Waals surface area contributed by atoms with Gasteiger partial charge in [-0.25, -0.2) is 0 Å². The summed E-state index contributed by atoms with van der Waals surface area (Å²) in [6.45, 7) is 11.2. The first-order valence-corrected chi connectivity index (χ1v) is 23.7. The number of carbonyl (C=O) groups excluding carboxylic acids is 3. The van der Waals surface area contributed by atoms with E-state index in [0.29, 0.717) is 47.6 Å². The molecule has 7 rings (SSSR count). The third-order valence-electron chi connectivity index (χ3n) is 16.8. The smallest absolute Gasteiger partial charge is 0.302 e. The van der Waals surface area contributed by atoms with E-state index < -0.39 is 30.1 Å². The molecule has 7 aliphatic rings. The van der Waals surface area contributed by atoms with Gasteiger partial charge in [-0.3, -0.25) is 19.2 Å². The van der Waals surface area contributed by atoms with E-state index in [1.165, 1.54) is 45.4 Å². The number of nitrogens with zero attached hydrogens (tertiary/aromatic N) is 3. The quantitative estimate of drug-likeness (QED) is 0.171. The van der Waals surface area contributed by atoms with Crippen molar-refractivity contribution >= 4 is 17.8 Å². The van der Waals surface area contributed by atoms with Crippen LogP contribution in [0.25, 0.3) is 0 Å². The number of hydrogen-bond donors (Lipinski definition) is 3. The third-order valence-corrected chi connectivity index (χ3v) is 16.8. The van der Waals surface area contributed by atoms with Gasteiger partial charge >= 0.3 is 5.97 Å². The first-order chi connectivity index (χ1) is 28.0. The molecule has 7 fully saturated rings. The van der Waals surface area contributed by atoms with E-state index in [1.54, 1.807) is 0 Å². The zero-order chi connectivity index (χ0) is 42.8. The van der Waals surface area contributed by atoms with Crippen LogP contribution in [-0.2, 0) is 28.7 Å². The fourth-order valence-electron chi connectivity index (χ4n) is 13.5. The monoisotopic (exact) mass is 830 g/mol. The third kappa shape index (κ3) is 10.7. The van der Waals surface area contributed by atoms with E-state index in [4.69, 9.17) is 14.3 Å². The highest BCUT2D eigenvalue weighted by Gasteiger charge is 2.58. The van der Waals surface area contributed by atoms with E-state index in [-0.39, 0.29) is 54.4 Å². The van der Waals surface area contributed by atoms with Crippen LogP contribution >= 0.6 is 0 Å². The molecule has 2 amide bonds. The highest BCUT2D eigenvalue weighted by molar-refractivity contribution is 5.83. The van der Waals surface area contributed by atoms with E-state index in [9.17, 15) is 19.5 Å². The maximum absolute atomic E-state index is 14.6. The van der Waals surface area contributed by atoms with Crippen LogP contribution in [0.3, 0.4) is 0 Å². The first-order valence-electron chi connectivity index (χ1n) is 23.7. The fraction of sp³-hybridized carbons (Fsp3) is 0.936. The number of amides is 2. The molecule has 1 saturated heterocycles. The molecule has 6 aliphatic carbocycles. The standard InChI is InChI=1S/C47H83N5O7/c1-28-39-23-35(47(39,4)5)24-40(28)49-46(56)43-42(29(2)58-30(3)54)41(27-53)59-52(43)25-32-17-14-18-38(44(32)57-10)33-20-34(22-37(21-33)51(8)9)45(55)48-36(26-50(6)7)19-31-15-12-11-13-16-31/h28-29,31-44,53H,11-27H2,1-10H3,(H,48,55)(H,49,56)/t28-,29-,32?,33?,34?,35+,36-,37?,38?,39-,40-,41-,42+,43-,44?/m0/s1. The Morgan fingerprint density at radius 2 is 1.68 bits per heavy atom. The number of hydrogen-bond acceptors (Lipinski definition) is 10. The normalized spacial score (nSPS) is 38.7. The SMILES string of the molecule is COC1C(CN2O[C@@H](CO)[C@@H]([C@H](C)OC(C)=O)[C@H]2C(=O)N[C@H]2C[C@H]3C[C@@H]([C@@H]2C)C3(C)C)CCCC1C1CC(C(=O)N[C@@H](CC2CCCCC2)CN(C)C)CC(N(C)C)C1. The molecule has 6 saturated carbocycles. The van der Waals surface area contributed by atoms with Crippen molar-refractivity contribution < 1.29 is 33.8 Å². The lowest BCUT2D eigenvalue weighted by atomic mass is 9.45. The Bertz CT molecular complexity index is 1410. The van der Waals surface area contributed by atoms with Gasteiger partial charge in [-0.05, 0) is 127 Å². The van der Waals surface area contributed by atoms with Crippen molar-refractivity contribution in [3.05, 3.63) is 0 Å². The van der Waals surface area contributed by atoms with Crippen LogP contribution < -0.4 is 10.6 Å². The predicted octanol–water partition coefficient (Wildman–Crippen LogP) is 5.51. The average Bonchev–Trinajstić information content (AvgIpc) is 3.56. The Kier molecular flexibility index (Phi) is 15.9. The van der Waals surface area contributed by atoms with Crippen molar-refractivity contribution in [1.82, 2.24) is 25.5 Å². The van der Waals surface area contributed by atoms with Crippen molar-refractivity contribution in [2.45, 2.75) is 167 Å². The lowest BCUT2D eigenvalue weighted by Gasteiger charge is -2.62. The lowest BCUT2D eigenvalue weighted by molar-refractivity contribution is -0.193. The number of fused-ring (bicyclic) bond motifs is 2. The van der Waals surface area contributed by atoms with Gasteiger partial charge in [0.15, 0.2) is 0 Å². The zero-order valence-electron chi connectivity index (χ0n) is 38.5. The van der Waals surface area contributed by atoms with Gasteiger partial charge in [0.1, 0.15) is 18.2 Å². The summed E-state index contributed by atoms with van der Waals surface area (Å²) in [5, 5.41) is 19.5. The molecule has 59 heavy (non-hydrogen) atoms. The summed E-state index contributed by atoms with van der Waals surface area (Å²) >= 11 is 0. The average molecular weight is 830 g/mol. The second-order valence-electron chi connectivity index (χ2n) is 21.4. The van der Waals surface area contributed by atoms with Crippen molar-refractivity contribution in [3.8, 4) is 0 Å². The Morgan fingerprint density at radius 1 is 0.949 bits per heavy atom. The molecular weight excluding hydrogens is 747 g/mol. The van der Waals surface area contributed by atoms with Crippen molar-refractivity contribution in [2.24, 2.45) is 58.7 Å². The largest absolute Gasteiger partial charge is 0.462 e. The number of hydroxylamine groups is 2. The second-order valence-corrected chi connectivity index (χ2v) is 21.4. The van der Waals surface area contributed by atoms with Gasteiger partial charge < -0.3 is 35.0 Å². The van der Waals surface area contributed by atoms with Crippen LogP contribution in [0.2, 0.25) is 0 Å². The summed E-state index contributed by atoms with van der Waals surface area (Å²) in [5.74, 6) is 1.93. The minimum atomic E-state index is -0.734. The summed E-state index contributed by atoms with van der Waals surface area (Å²) in [7, 11) is 10.3. The Morgan fingerprint density at radius 3 is 2.29 bits per heavy atom. The molecule has 338 valence electrons. The second kappa shape index (κ2) is 20.1. The van der Waals surface area contributed by atoms with Crippen LogP contribution in [0.15, 0.2) is 0 Å². The Labute approximate surface area is 356 Å². The number of carbonyl (C=O) groups is 3. The molecule has 15 atom stereocenters. The highest BCUT2D eigenvalue weighted by Crippen LogP contribution is 2.61. The summed E-state index contributed by atoms with van der Waals surface area (Å²) in [6.07, 6.45) is 14.0. The van der Waals surface area contributed by atoms with Gasteiger partial charge in [-0.15, -0.1) is 0 Å². The number of nitrogens with one attached hydrogen (secondary N) is 2. The molecule has 12 nitrogen and oxygen atoms in total. The summed E-state index contributed by atoms with van der Waals surface area (Å²) < 4.78 is 12.2. The van der Waals surface area contributed by atoms with Gasteiger partial charge in [0, 0.05) is 57.1 Å². The number of aliphatic hydroxyl groups is 1. The zero-order valence-corrected chi connectivity index (χ0v) is 38.5. The molecule has 2 bridgehead atoms. The van der Waals surface area contributed by atoms with Gasteiger partial charge in [0.05, 0.1) is 18.6 Å². The number of esters is 1. The molecule has 1 aliphatic heterocycles. The van der Waals surface area contributed by atoms with Crippen LogP contribution in [0, 0.1) is 58.7 Å². The maximum atomic E-state index is 14.6. The van der Waals surface area contributed by atoms with Gasteiger partial charge in [0.2, 0.25) is 11.8 Å². The van der Waals surface area contributed by atoms with Gasteiger partial charge in [0.25, 0.3) is 0 Å². The first kappa shape index (κ1) is 46.7. The number of likely N-dealkylation sites (N-methyl/N-ethyl adjacent to an activating group) is 1. The van der Waals surface area contributed by atoms with Crippen LogP contribution in [0.5, 0.6) is 0 Å². The number of rotatable bonds is 16. The summed E-state index contributed by atoms with van der Waals surface area (Å²) in [6, 6.07) is -0.210. The van der Waals surface area contributed by atoms with Crippen molar-refractivity contribution in [3.63, 3.8) is 0 Å². The van der Waals surface area contributed by atoms with Crippen molar-refractivity contribution in [2.75, 3.05) is 55.0 Å². The van der Waals surface area contributed by atoms with Crippen LogP contribution in [0.4, 0.5) is 0 Å². The number of ether oxygens (including phenoxy) is 2. The molecular formula is C47H83N5O7. The van der Waals surface area contributed by atoms with E-state index in [0.717, 1.165) is 57.9 Å². The van der Waals surface area contributed by atoms with Crippen LogP contribution in [0.1, 0.15) is 125 Å². The van der Waals surface area contributed by atoms with Gasteiger partial charge in [-0.2, -0.15) is 5.06 Å². The molecule has 0 spiro atoms. The van der Waals surface area contributed by atoms with Crippen LogP contribution in [-0.4, -0.2) is 135 Å². The molecule has 1 heterocycles. The van der Waals surface area contributed by atoms with Crippen molar-refractivity contribution in [1.29, 1.82) is 0 Å². The topological polar surface area (TPSA) is 133 Å². The molecule has 0 aromatic rings. The number of aliphatic hydroxyl groups excluding tert-OH is 1. The van der Waals surface area contributed by atoms with E-state index in [1.807, 2.05) is 19.1 Å². The predicted molar refractivity (Wildman–Crippen MR) is 230 cm³/mol. The van der Waals surface area contributed by atoms with Gasteiger partial charge in [-0.1, -0.05) is 59.3 Å². The van der Waals surface area contributed by atoms with E-state index >= 15 is 0 Å². The Balaban J connectivity index is 1.18. The number of methoxy groups -OCH3 is 1. The molecule has 0 aromatic heterocycles. The molecule has 0 radical (unpaired) electrons. The lowest BCUT2D eigenvalue weighted by Crippen LogP contribution is -2.62. The fourth-order valence-corrected chi connectivity index (χ4v) is 13.5. The highest BCUT2D eigenvalue weighted by atomic mass is 16.7. The maximum Gasteiger partial charge on any atom is 0.302 e. The molecule has 0 aromatic carbocycles. The molecule has 3 N–H and O–H groups in total. The molecule has 12 heteroatoms. The summed E-state index contributed by atoms with van der Waals surface area (Å²) in [4.78, 5) is 52.2. The minimum Gasteiger partial charge on any atom is -0.462 e. The van der Waals surface area contributed by atoms with E-state index in [2.05, 4.69) is 69.4 Å². The summed E-state index contributed by atoms with van der Waals surface area (Å²) in [5.41, 5.74) is 0.294. The Hall–Kier alpha value is -1.83. The molecule has 6 unspecified atom stereocenters. The minimum absolute atomic E-state index is 0.0577.